The molecule has 0 aliphatic heterocycles. The summed E-state index contributed by atoms with van der Waals surface area (Å²) in [6.07, 6.45) is 2.32. The molecule has 1 saturated carbocycles. The van der Waals surface area contributed by atoms with E-state index in [4.69, 9.17) is 9.51 Å². The van der Waals surface area contributed by atoms with E-state index in [-0.39, 0.29) is 5.56 Å². The van der Waals surface area contributed by atoms with Crippen molar-refractivity contribution in [2.24, 2.45) is 0 Å². The van der Waals surface area contributed by atoms with Gasteiger partial charge in [-0.15, -0.1) is 0 Å². The fourth-order valence-electron chi connectivity index (χ4n) is 4.23. The first-order chi connectivity index (χ1) is 14.6. The highest BCUT2D eigenvalue weighted by molar-refractivity contribution is 6.03. The summed E-state index contributed by atoms with van der Waals surface area (Å²) in [6.45, 7) is 3.85. The number of fused-ring (bicyclic) bond motifs is 2. The van der Waals surface area contributed by atoms with E-state index in [9.17, 15) is 4.79 Å². The number of nitrogens with zero attached hydrogens (tertiary/aromatic N) is 3. The van der Waals surface area contributed by atoms with E-state index in [0.29, 0.717) is 17.0 Å². The van der Waals surface area contributed by atoms with Crippen LogP contribution in [0.1, 0.15) is 36.0 Å². The molecule has 1 fully saturated rings. The van der Waals surface area contributed by atoms with Crippen molar-refractivity contribution in [3.05, 3.63) is 64.0 Å². The van der Waals surface area contributed by atoms with Crippen molar-refractivity contribution in [3.63, 3.8) is 0 Å². The molecule has 5 aromatic rings. The maximum absolute atomic E-state index is 12.3. The zero-order valence-corrected chi connectivity index (χ0v) is 16.6. The fourth-order valence-corrected chi connectivity index (χ4v) is 4.23. The molecule has 0 bridgehead atoms. The molecule has 0 unspecified atom stereocenters. The van der Waals surface area contributed by atoms with Crippen LogP contribution in [0.3, 0.4) is 0 Å². The smallest absolute Gasteiger partial charge is 0.272 e. The van der Waals surface area contributed by atoms with Gasteiger partial charge in [0.25, 0.3) is 5.56 Å². The van der Waals surface area contributed by atoms with Crippen LogP contribution in [0, 0.1) is 13.8 Å². The Morgan fingerprint density at radius 1 is 1.10 bits per heavy atom. The highest BCUT2D eigenvalue weighted by Crippen LogP contribution is 2.42. The zero-order chi connectivity index (χ0) is 20.4. The molecule has 3 heterocycles. The molecule has 30 heavy (non-hydrogen) atoms. The van der Waals surface area contributed by atoms with Gasteiger partial charge in [0.05, 0.1) is 22.1 Å². The number of aromatic amines is 2. The number of rotatable bonds is 3. The third kappa shape index (κ3) is 2.51. The lowest BCUT2D eigenvalue weighted by Crippen LogP contribution is -2.09. The minimum atomic E-state index is -0.201. The minimum absolute atomic E-state index is 0.201. The predicted octanol–water partition coefficient (Wildman–Crippen LogP) is 4.62. The molecule has 0 spiro atoms. The number of nitrogens with one attached hydrogen (secondary N) is 2. The first-order valence-corrected chi connectivity index (χ1v) is 10.0. The maximum Gasteiger partial charge on any atom is 0.272 e. The minimum Gasteiger partial charge on any atom is -0.361 e. The summed E-state index contributed by atoms with van der Waals surface area (Å²) in [6, 6.07) is 11.7. The van der Waals surface area contributed by atoms with Gasteiger partial charge in [0.15, 0.2) is 0 Å². The van der Waals surface area contributed by atoms with Crippen molar-refractivity contribution in [1.29, 1.82) is 0 Å². The lowest BCUT2D eigenvalue weighted by atomic mass is 9.97. The summed E-state index contributed by atoms with van der Waals surface area (Å²) in [5.41, 5.74) is 5.97. The highest BCUT2D eigenvalue weighted by atomic mass is 16.5. The van der Waals surface area contributed by atoms with Crippen LogP contribution in [-0.4, -0.2) is 25.3 Å². The number of aryl methyl sites for hydroxylation is 2. The highest BCUT2D eigenvalue weighted by Gasteiger charge is 2.28. The number of hydrogen-bond acceptors (Lipinski definition) is 5. The van der Waals surface area contributed by atoms with Crippen LogP contribution in [0.2, 0.25) is 0 Å². The third-order valence-electron chi connectivity index (χ3n) is 5.84. The molecule has 148 valence electrons. The lowest BCUT2D eigenvalue weighted by Gasteiger charge is -2.09. The molecule has 7 nitrogen and oxygen atoms in total. The Bertz CT molecular complexity index is 1480. The molecule has 2 N–H and O–H groups in total. The molecule has 6 rings (SSSR count). The van der Waals surface area contributed by atoms with E-state index >= 15 is 0 Å². The zero-order valence-electron chi connectivity index (χ0n) is 16.6. The Kier molecular flexibility index (Phi) is 3.50. The van der Waals surface area contributed by atoms with Gasteiger partial charge < -0.3 is 9.51 Å². The monoisotopic (exact) mass is 397 g/mol. The van der Waals surface area contributed by atoms with E-state index in [2.05, 4.69) is 32.5 Å². The van der Waals surface area contributed by atoms with Crippen LogP contribution >= 0.6 is 0 Å². The van der Waals surface area contributed by atoms with Gasteiger partial charge in [0.1, 0.15) is 17.3 Å². The predicted molar refractivity (Wildman–Crippen MR) is 114 cm³/mol. The number of imidazole rings is 1. The molecule has 0 radical (unpaired) electrons. The summed E-state index contributed by atoms with van der Waals surface area (Å²) in [5.74, 6) is 2.27. The summed E-state index contributed by atoms with van der Waals surface area (Å²) in [7, 11) is 0. The molecule has 7 heteroatoms. The topological polar surface area (TPSA) is 100 Å². The van der Waals surface area contributed by atoms with Crippen molar-refractivity contribution in [3.8, 4) is 22.4 Å². The molecular formula is C23H19N5O2. The van der Waals surface area contributed by atoms with Crippen LogP contribution in [0.25, 0.3) is 44.2 Å². The average Bonchev–Trinajstić information content (AvgIpc) is 3.43. The van der Waals surface area contributed by atoms with Gasteiger partial charge in [-0.2, -0.15) is 5.10 Å². The Hall–Kier alpha value is -3.74. The second-order valence-electron chi connectivity index (χ2n) is 7.96. The Balaban J connectivity index is 1.71. The molecule has 1 aliphatic rings. The second-order valence-corrected chi connectivity index (χ2v) is 7.96. The standard InChI is InChI=1S/C23H19N5O2/c1-11-19(12(2)30-28-11)14-9-17(21-18(10-14)24-22(25-21)13-7-8-13)20-15-5-3-4-6-16(15)23(29)27-26-20/h3-6,9-10,13H,7-8H2,1-2H3,(H,24,25)(H,27,29). The van der Waals surface area contributed by atoms with Gasteiger partial charge in [-0.05, 0) is 50.5 Å². The van der Waals surface area contributed by atoms with Gasteiger partial charge in [0, 0.05) is 22.4 Å². The summed E-state index contributed by atoms with van der Waals surface area (Å²) < 4.78 is 5.41. The molecule has 0 atom stereocenters. The largest absolute Gasteiger partial charge is 0.361 e. The molecule has 2 aromatic carbocycles. The Morgan fingerprint density at radius 2 is 1.90 bits per heavy atom. The molecule has 3 aromatic heterocycles. The lowest BCUT2D eigenvalue weighted by molar-refractivity contribution is 0.393. The third-order valence-corrected chi connectivity index (χ3v) is 5.84. The Labute approximate surface area is 171 Å². The normalized spacial score (nSPS) is 14.1. The van der Waals surface area contributed by atoms with Crippen LogP contribution < -0.4 is 5.56 Å². The van der Waals surface area contributed by atoms with E-state index in [1.54, 1.807) is 0 Å². The number of H-pyrrole nitrogens is 2. The molecule has 1 aliphatic carbocycles. The van der Waals surface area contributed by atoms with Gasteiger partial charge in [0.2, 0.25) is 0 Å². The Morgan fingerprint density at radius 3 is 2.63 bits per heavy atom. The summed E-state index contributed by atoms with van der Waals surface area (Å²) in [4.78, 5) is 20.7. The average molecular weight is 397 g/mol. The van der Waals surface area contributed by atoms with E-state index in [0.717, 1.165) is 63.2 Å². The van der Waals surface area contributed by atoms with E-state index in [1.165, 1.54) is 0 Å². The van der Waals surface area contributed by atoms with E-state index < -0.39 is 0 Å². The molecule has 0 amide bonds. The van der Waals surface area contributed by atoms with Crippen molar-refractivity contribution < 1.29 is 4.52 Å². The second kappa shape index (κ2) is 6.13. The van der Waals surface area contributed by atoms with Gasteiger partial charge in [-0.25, -0.2) is 10.1 Å². The fraction of sp³-hybridized carbons (Fsp3) is 0.217. The first kappa shape index (κ1) is 17.1. The van der Waals surface area contributed by atoms with Crippen molar-refractivity contribution in [2.45, 2.75) is 32.6 Å². The van der Waals surface area contributed by atoms with Crippen molar-refractivity contribution >= 4 is 21.8 Å². The van der Waals surface area contributed by atoms with Crippen LogP contribution in [-0.2, 0) is 0 Å². The molecular weight excluding hydrogens is 378 g/mol. The van der Waals surface area contributed by atoms with E-state index in [1.807, 2.05) is 38.1 Å². The van der Waals surface area contributed by atoms with Crippen LogP contribution in [0.4, 0.5) is 0 Å². The van der Waals surface area contributed by atoms with Gasteiger partial charge >= 0.3 is 0 Å². The maximum atomic E-state index is 12.3. The van der Waals surface area contributed by atoms with Crippen molar-refractivity contribution in [1.82, 2.24) is 25.3 Å². The first-order valence-electron chi connectivity index (χ1n) is 10.0. The van der Waals surface area contributed by atoms with Gasteiger partial charge in [-0.1, -0.05) is 23.4 Å². The summed E-state index contributed by atoms with van der Waals surface area (Å²) >= 11 is 0. The number of aromatic nitrogens is 5. The number of benzene rings is 2. The van der Waals surface area contributed by atoms with Crippen LogP contribution in [0.15, 0.2) is 45.7 Å². The summed E-state index contributed by atoms with van der Waals surface area (Å²) in [5, 5.41) is 12.6. The van der Waals surface area contributed by atoms with Gasteiger partial charge in [-0.3, -0.25) is 4.79 Å². The SMILES string of the molecule is Cc1noc(C)c1-c1cc(-c2n[nH]c(=O)c3ccccc23)c2nc(C3CC3)[nH]c2c1. The number of hydrogen-bond donors (Lipinski definition) is 2. The molecule has 0 saturated heterocycles. The van der Waals surface area contributed by atoms with Crippen LogP contribution in [0.5, 0.6) is 0 Å². The quantitative estimate of drug-likeness (QED) is 0.463. The van der Waals surface area contributed by atoms with Crippen molar-refractivity contribution in [2.75, 3.05) is 0 Å².